The zero-order chi connectivity index (χ0) is 21.3. The molecule has 2 aromatic heterocycles. The summed E-state index contributed by atoms with van der Waals surface area (Å²) in [5, 5.41) is 15.6. The normalized spacial score (nSPS) is 11.5. The number of alkyl halides is 3. The number of hydroxylamine groups is 1. The first-order chi connectivity index (χ1) is 13.6. The van der Waals surface area contributed by atoms with Crippen molar-refractivity contribution in [3.63, 3.8) is 0 Å². The highest BCUT2D eigenvalue weighted by Crippen LogP contribution is 2.39. The smallest absolute Gasteiger partial charge is 0.419 e. The first-order valence-corrected chi connectivity index (χ1v) is 8.01. The third kappa shape index (κ3) is 3.82. The van der Waals surface area contributed by atoms with Gasteiger partial charge in [-0.1, -0.05) is 6.07 Å². The molecule has 0 aliphatic carbocycles. The molecule has 3 N–H and O–H groups in total. The Balaban J connectivity index is 2.16. The van der Waals surface area contributed by atoms with Crippen LogP contribution in [0.2, 0.25) is 0 Å². The van der Waals surface area contributed by atoms with E-state index in [9.17, 15) is 22.8 Å². The fraction of sp³-hybridized carbons (Fsp3) is 0.176. The lowest BCUT2D eigenvalue weighted by Crippen LogP contribution is -2.21. The fourth-order valence-corrected chi connectivity index (χ4v) is 2.73. The number of nitrogens with one attached hydrogen (secondary N) is 2. The third-order valence-corrected chi connectivity index (χ3v) is 4.04. The second-order valence-corrected chi connectivity index (χ2v) is 5.91. The predicted molar refractivity (Wildman–Crippen MR) is 93.9 cm³/mol. The van der Waals surface area contributed by atoms with Gasteiger partial charge in [-0.15, -0.1) is 0 Å². The molecule has 1 aromatic carbocycles. The molecule has 0 saturated heterocycles. The van der Waals surface area contributed by atoms with Gasteiger partial charge < -0.3 is 10.4 Å². The van der Waals surface area contributed by atoms with Gasteiger partial charge >= 0.3 is 12.1 Å². The molecule has 0 spiro atoms. The number of carbonyl (C=O) groups is 2. The van der Waals surface area contributed by atoms with Crippen molar-refractivity contribution in [2.24, 2.45) is 0 Å². The van der Waals surface area contributed by atoms with Crippen LogP contribution in [0.1, 0.15) is 31.8 Å². The lowest BCUT2D eigenvalue weighted by atomic mass is 10.1. The van der Waals surface area contributed by atoms with Crippen LogP contribution in [-0.2, 0) is 11.0 Å². The van der Waals surface area contributed by atoms with Gasteiger partial charge in [0.05, 0.1) is 12.7 Å². The number of carbonyl (C=O) groups excluding carboxylic acids is 1. The number of aryl methyl sites for hydroxylation is 1. The van der Waals surface area contributed by atoms with Gasteiger partial charge in [-0.25, -0.2) is 19.8 Å². The molecule has 0 aliphatic rings. The van der Waals surface area contributed by atoms with Crippen LogP contribution in [-0.4, -0.2) is 38.7 Å². The molecule has 0 bridgehead atoms. The Bertz CT molecular complexity index is 1110. The summed E-state index contributed by atoms with van der Waals surface area (Å²) in [7, 11) is 1.26. The number of carboxylic acid groups (broad SMARTS) is 1. The van der Waals surface area contributed by atoms with Gasteiger partial charge in [0.1, 0.15) is 17.4 Å². The number of anilines is 2. The molecule has 0 radical (unpaired) electrons. The number of hydrogen-bond donors (Lipinski definition) is 3. The van der Waals surface area contributed by atoms with Crippen LogP contribution in [0.4, 0.5) is 24.7 Å². The Kier molecular flexibility index (Phi) is 5.12. The van der Waals surface area contributed by atoms with E-state index in [1.807, 2.05) is 0 Å². The summed E-state index contributed by atoms with van der Waals surface area (Å²) in [4.78, 5) is 31.6. The van der Waals surface area contributed by atoms with Crippen LogP contribution in [0, 0.1) is 6.92 Å². The van der Waals surface area contributed by atoms with Crippen LogP contribution < -0.4 is 10.8 Å². The second-order valence-electron chi connectivity index (χ2n) is 5.91. The lowest BCUT2D eigenvalue weighted by molar-refractivity contribution is -0.136. The maximum atomic E-state index is 13.6. The number of nitrogens with zero attached hydrogens (tertiary/aromatic N) is 3. The molecule has 0 atom stereocenters. The van der Waals surface area contributed by atoms with E-state index in [0.29, 0.717) is 11.3 Å². The molecule has 3 rings (SSSR count). The number of benzene rings is 1. The summed E-state index contributed by atoms with van der Waals surface area (Å²) in [6.07, 6.45) is -3.21. The summed E-state index contributed by atoms with van der Waals surface area (Å²) in [6.45, 7) is 1.67. The first kappa shape index (κ1) is 20.1. The summed E-state index contributed by atoms with van der Waals surface area (Å²) in [5.74, 6) is -2.58. The van der Waals surface area contributed by atoms with E-state index in [1.54, 1.807) is 13.0 Å². The van der Waals surface area contributed by atoms with Crippen molar-refractivity contribution in [2.45, 2.75) is 13.1 Å². The Morgan fingerprint density at radius 1 is 1.28 bits per heavy atom. The number of amides is 1. The predicted octanol–water partition coefficient (Wildman–Crippen LogP) is 2.79. The quantitative estimate of drug-likeness (QED) is 0.555. The van der Waals surface area contributed by atoms with Gasteiger partial charge in [-0.3, -0.25) is 9.63 Å². The molecule has 0 saturated carbocycles. The number of halogens is 3. The summed E-state index contributed by atoms with van der Waals surface area (Å²) >= 11 is 0. The Labute approximate surface area is 161 Å². The average molecular weight is 409 g/mol. The molecule has 12 heteroatoms. The summed E-state index contributed by atoms with van der Waals surface area (Å²) < 4.78 is 41.6. The standard InChI is InChI=1S/C17H14F3N5O4/c1-8-3-4-9(15(26)24-29-2)5-11(8)23-14-13-12(17(18,19)20)10(16(27)28)6-25(13)22-7-21-14/h3-7H,1-2H3,(H,24,26)(H,27,28)(H,21,22,23). The number of fused-ring (bicyclic) bond motifs is 1. The van der Waals surface area contributed by atoms with Crippen molar-refractivity contribution in [1.29, 1.82) is 0 Å². The maximum absolute atomic E-state index is 13.6. The number of aromatic nitrogens is 3. The molecule has 29 heavy (non-hydrogen) atoms. The van der Waals surface area contributed by atoms with Crippen molar-refractivity contribution < 1.29 is 32.7 Å². The van der Waals surface area contributed by atoms with E-state index < -0.39 is 34.7 Å². The van der Waals surface area contributed by atoms with Crippen LogP contribution in [0.3, 0.4) is 0 Å². The number of rotatable bonds is 5. The van der Waals surface area contributed by atoms with E-state index in [0.717, 1.165) is 17.0 Å². The number of hydrogen-bond acceptors (Lipinski definition) is 6. The molecular formula is C17H14F3N5O4. The summed E-state index contributed by atoms with van der Waals surface area (Å²) in [5.41, 5.74) is 0.336. The van der Waals surface area contributed by atoms with Crippen molar-refractivity contribution >= 4 is 28.9 Å². The highest BCUT2D eigenvalue weighted by molar-refractivity contribution is 5.96. The maximum Gasteiger partial charge on any atom is 0.419 e. The third-order valence-electron chi connectivity index (χ3n) is 4.04. The molecular weight excluding hydrogens is 395 g/mol. The van der Waals surface area contributed by atoms with E-state index in [2.05, 4.69) is 25.7 Å². The Morgan fingerprint density at radius 3 is 2.62 bits per heavy atom. The van der Waals surface area contributed by atoms with Gasteiger partial charge in [0, 0.05) is 17.4 Å². The van der Waals surface area contributed by atoms with Crippen molar-refractivity contribution in [1.82, 2.24) is 20.1 Å². The molecule has 9 nitrogen and oxygen atoms in total. The minimum Gasteiger partial charge on any atom is -0.478 e. The number of aromatic carboxylic acids is 1. The Hall–Kier alpha value is -3.67. The SMILES string of the molecule is CONC(=O)c1ccc(C)c(Nc2ncnn3cc(C(=O)O)c(C(F)(F)F)c23)c1. The van der Waals surface area contributed by atoms with E-state index in [-0.39, 0.29) is 11.4 Å². The van der Waals surface area contributed by atoms with Gasteiger partial charge in [0.25, 0.3) is 5.91 Å². The van der Waals surface area contributed by atoms with E-state index in [4.69, 9.17) is 5.11 Å². The topological polar surface area (TPSA) is 118 Å². The van der Waals surface area contributed by atoms with E-state index in [1.165, 1.54) is 19.2 Å². The highest BCUT2D eigenvalue weighted by atomic mass is 19.4. The van der Waals surface area contributed by atoms with Gasteiger partial charge in [0.15, 0.2) is 5.82 Å². The molecule has 1 amide bonds. The summed E-state index contributed by atoms with van der Waals surface area (Å²) in [6, 6.07) is 4.48. The minimum absolute atomic E-state index is 0.183. The second kappa shape index (κ2) is 7.39. The lowest BCUT2D eigenvalue weighted by Gasteiger charge is -2.13. The zero-order valence-corrected chi connectivity index (χ0v) is 15.0. The Morgan fingerprint density at radius 2 is 2.00 bits per heavy atom. The molecule has 2 heterocycles. The van der Waals surface area contributed by atoms with E-state index >= 15 is 0 Å². The van der Waals surface area contributed by atoms with Crippen LogP contribution in [0.25, 0.3) is 5.52 Å². The molecule has 0 unspecified atom stereocenters. The van der Waals surface area contributed by atoms with Gasteiger partial charge in [0.2, 0.25) is 0 Å². The zero-order valence-electron chi connectivity index (χ0n) is 15.0. The van der Waals surface area contributed by atoms with Crippen LogP contribution in [0.5, 0.6) is 0 Å². The first-order valence-electron chi connectivity index (χ1n) is 8.01. The fourth-order valence-electron chi connectivity index (χ4n) is 2.73. The van der Waals surface area contributed by atoms with Crippen molar-refractivity contribution in [3.8, 4) is 0 Å². The average Bonchev–Trinajstić information content (AvgIpc) is 3.05. The van der Waals surface area contributed by atoms with Crippen molar-refractivity contribution in [3.05, 3.63) is 53.0 Å². The minimum atomic E-state index is -4.96. The van der Waals surface area contributed by atoms with Crippen LogP contribution in [0.15, 0.2) is 30.7 Å². The monoisotopic (exact) mass is 409 g/mol. The largest absolute Gasteiger partial charge is 0.478 e. The van der Waals surface area contributed by atoms with Crippen LogP contribution >= 0.6 is 0 Å². The molecule has 152 valence electrons. The van der Waals surface area contributed by atoms with Gasteiger partial charge in [-0.05, 0) is 24.6 Å². The van der Waals surface area contributed by atoms with Crippen molar-refractivity contribution in [2.75, 3.05) is 12.4 Å². The van der Waals surface area contributed by atoms with Gasteiger partial charge in [-0.2, -0.15) is 18.3 Å². The number of carboxylic acids is 1. The molecule has 0 fully saturated rings. The highest BCUT2D eigenvalue weighted by Gasteiger charge is 2.40. The molecule has 0 aliphatic heterocycles. The molecule has 3 aromatic rings.